The molecule has 1 aromatic carbocycles. The molecule has 0 saturated carbocycles. The van der Waals surface area contributed by atoms with Crippen LogP contribution in [0.15, 0.2) is 28.8 Å². The number of hydrogen-bond donors (Lipinski definition) is 1. The van der Waals surface area contributed by atoms with Crippen LogP contribution in [0, 0.1) is 6.92 Å². The highest BCUT2D eigenvalue weighted by molar-refractivity contribution is 8.00. The number of amides is 2. The zero-order chi connectivity index (χ0) is 16.4. The summed E-state index contributed by atoms with van der Waals surface area (Å²) in [7, 11) is 0. The molecule has 0 bridgehead atoms. The zero-order valence-electron chi connectivity index (χ0n) is 13.4. The first-order valence-corrected chi connectivity index (χ1v) is 8.69. The molecule has 23 heavy (non-hydrogen) atoms. The van der Waals surface area contributed by atoms with Crippen molar-refractivity contribution >= 4 is 23.5 Å². The highest BCUT2D eigenvalue weighted by Crippen LogP contribution is 2.25. The van der Waals surface area contributed by atoms with Crippen LogP contribution in [-0.4, -0.2) is 44.7 Å². The predicted molar refractivity (Wildman–Crippen MR) is 91.6 cm³/mol. The molecule has 0 aliphatic carbocycles. The Bertz CT molecular complexity index is 703. The third kappa shape index (κ3) is 3.50. The zero-order valence-corrected chi connectivity index (χ0v) is 14.3. The molecule has 1 N–H and O–H groups in total. The summed E-state index contributed by atoms with van der Waals surface area (Å²) in [6.45, 7) is 6.77. The summed E-state index contributed by atoms with van der Waals surface area (Å²) in [6, 6.07) is 7.63. The second kappa shape index (κ2) is 6.62. The number of anilines is 1. The Hall–Kier alpha value is -2.02. The molecule has 0 unspecified atom stereocenters. The van der Waals surface area contributed by atoms with Crippen LogP contribution < -0.4 is 5.32 Å². The van der Waals surface area contributed by atoms with Gasteiger partial charge in [0.1, 0.15) is 0 Å². The van der Waals surface area contributed by atoms with Gasteiger partial charge in [-0.05, 0) is 19.1 Å². The molecule has 2 amide bonds. The van der Waals surface area contributed by atoms with Gasteiger partial charge in [0.05, 0.1) is 0 Å². The number of aromatic nitrogens is 2. The molecule has 6 nitrogen and oxygen atoms in total. The summed E-state index contributed by atoms with van der Waals surface area (Å²) in [6.07, 6.45) is 0. The van der Waals surface area contributed by atoms with E-state index in [1.165, 1.54) is 0 Å². The van der Waals surface area contributed by atoms with Gasteiger partial charge in [0.25, 0.3) is 0 Å². The molecular weight excluding hydrogens is 312 g/mol. The fourth-order valence-corrected chi connectivity index (χ4v) is 3.67. The highest BCUT2D eigenvalue weighted by atomic mass is 32.2. The summed E-state index contributed by atoms with van der Waals surface area (Å²) >= 11 is 1.91. The number of nitrogens with one attached hydrogen (secondary N) is 1. The molecule has 2 heterocycles. The lowest BCUT2D eigenvalue weighted by Crippen LogP contribution is -2.49. The Morgan fingerprint density at radius 3 is 3.00 bits per heavy atom. The molecule has 0 spiro atoms. The number of carbonyl (C=O) groups is 1. The van der Waals surface area contributed by atoms with E-state index >= 15 is 0 Å². The van der Waals surface area contributed by atoms with Crippen molar-refractivity contribution < 1.29 is 9.32 Å². The normalized spacial score (nSPS) is 21.3. The van der Waals surface area contributed by atoms with E-state index in [0.29, 0.717) is 17.0 Å². The number of benzene rings is 1. The van der Waals surface area contributed by atoms with Gasteiger partial charge in [-0.2, -0.15) is 16.7 Å². The van der Waals surface area contributed by atoms with Gasteiger partial charge in [-0.15, -0.1) is 0 Å². The molecular formula is C16H20N4O2S. The minimum atomic E-state index is -0.0638. The van der Waals surface area contributed by atoms with Gasteiger partial charge < -0.3 is 14.7 Å². The van der Waals surface area contributed by atoms with Crippen molar-refractivity contribution in [3.8, 4) is 11.4 Å². The van der Waals surface area contributed by atoms with Crippen molar-refractivity contribution in [2.45, 2.75) is 32.1 Å². The summed E-state index contributed by atoms with van der Waals surface area (Å²) in [5.74, 6) is 2.01. The van der Waals surface area contributed by atoms with Gasteiger partial charge >= 0.3 is 6.03 Å². The first-order chi connectivity index (χ1) is 11.0. The minimum absolute atomic E-state index is 0.0638. The maximum Gasteiger partial charge on any atom is 0.322 e. The number of aryl methyl sites for hydroxylation is 1. The number of nitrogens with zero attached hydrogens (tertiary/aromatic N) is 3. The average molecular weight is 332 g/mol. The Balaban J connectivity index is 1.74. The maximum atomic E-state index is 12.5. The quantitative estimate of drug-likeness (QED) is 0.912. The fraction of sp³-hybridized carbons (Fsp3) is 0.438. The number of rotatable bonds is 2. The van der Waals surface area contributed by atoms with Gasteiger partial charge in [0.15, 0.2) is 0 Å². The minimum Gasteiger partial charge on any atom is -0.339 e. The van der Waals surface area contributed by atoms with Crippen LogP contribution in [0.5, 0.6) is 0 Å². The molecule has 1 saturated heterocycles. The summed E-state index contributed by atoms with van der Waals surface area (Å²) < 4.78 is 5.00. The van der Waals surface area contributed by atoms with E-state index in [9.17, 15) is 4.79 Å². The fourth-order valence-electron chi connectivity index (χ4n) is 2.57. The van der Waals surface area contributed by atoms with Crippen LogP contribution in [0.25, 0.3) is 11.4 Å². The van der Waals surface area contributed by atoms with Crippen molar-refractivity contribution in [3.05, 3.63) is 30.2 Å². The third-order valence-electron chi connectivity index (χ3n) is 4.04. The SMILES string of the molecule is Cc1nc(-c2cccc(NC(=O)N3CCS[C@@H](C)[C@H]3C)c2)no1. The van der Waals surface area contributed by atoms with Crippen molar-refractivity contribution in [1.82, 2.24) is 15.0 Å². The van der Waals surface area contributed by atoms with Crippen LogP contribution in [-0.2, 0) is 0 Å². The number of thioether (sulfide) groups is 1. The van der Waals surface area contributed by atoms with E-state index < -0.39 is 0 Å². The first kappa shape index (κ1) is 15.9. The second-order valence-corrected chi connectivity index (χ2v) is 7.14. The monoisotopic (exact) mass is 332 g/mol. The highest BCUT2D eigenvalue weighted by Gasteiger charge is 2.28. The third-order valence-corrected chi connectivity index (χ3v) is 5.38. The summed E-state index contributed by atoms with van der Waals surface area (Å²) in [4.78, 5) is 18.6. The second-order valence-electron chi connectivity index (χ2n) is 5.66. The van der Waals surface area contributed by atoms with Gasteiger partial charge in [-0.3, -0.25) is 0 Å². The van der Waals surface area contributed by atoms with Crippen molar-refractivity contribution in [2.75, 3.05) is 17.6 Å². The van der Waals surface area contributed by atoms with Gasteiger partial charge in [-0.25, -0.2) is 4.79 Å². The molecule has 1 aromatic heterocycles. The first-order valence-electron chi connectivity index (χ1n) is 7.64. The molecule has 3 rings (SSSR count). The topological polar surface area (TPSA) is 71.3 Å². The average Bonchev–Trinajstić information content (AvgIpc) is 2.97. The lowest BCUT2D eigenvalue weighted by Gasteiger charge is -2.37. The molecule has 2 aromatic rings. The number of carbonyl (C=O) groups excluding carboxylic acids is 1. The molecule has 0 radical (unpaired) electrons. The van der Waals surface area contributed by atoms with Crippen molar-refractivity contribution in [1.29, 1.82) is 0 Å². The van der Waals surface area contributed by atoms with Gasteiger partial charge in [-0.1, -0.05) is 24.2 Å². The number of hydrogen-bond acceptors (Lipinski definition) is 5. The largest absolute Gasteiger partial charge is 0.339 e. The standard InChI is InChI=1S/C16H20N4O2S/c1-10-11(2)23-8-7-20(10)16(21)18-14-6-4-5-13(9-14)15-17-12(3)22-19-15/h4-6,9-11H,7-8H2,1-3H3,(H,18,21)/t10-,11+/m1/s1. The molecule has 1 fully saturated rings. The van der Waals surface area contributed by atoms with E-state index in [-0.39, 0.29) is 12.1 Å². The van der Waals surface area contributed by atoms with Crippen LogP contribution in [0.2, 0.25) is 0 Å². The van der Waals surface area contributed by atoms with E-state index in [1.807, 2.05) is 40.9 Å². The van der Waals surface area contributed by atoms with E-state index in [2.05, 4.69) is 29.3 Å². The molecule has 1 aliphatic rings. The van der Waals surface area contributed by atoms with Crippen molar-refractivity contribution in [3.63, 3.8) is 0 Å². The molecule has 7 heteroatoms. The predicted octanol–water partition coefficient (Wildman–Crippen LogP) is 3.40. The molecule has 2 atom stereocenters. The van der Waals surface area contributed by atoms with Crippen LogP contribution in [0.1, 0.15) is 19.7 Å². The summed E-state index contributed by atoms with van der Waals surface area (Å²) in [5.41, 5.74) is 1.54. The van der Waals surface area contributed by atoms with Crippen LogP contribution in [0.4, 0.5) is 10.5 Å². The van der Waals surface area contributed by atoms with Crippen LogP contribution >= 0.6 is 11.8 Å². The number of urea groups is 1. The molecule has 122 valence electrons. The lowest BCUT2D eigenvalue weighted by atomic mass is 10.2. The smallest absolute Gasteiger partial charge is 0.322 e. The van der Waals surface area contributed by atoms with Crippen molar-refractivity contribution in [2.24, 2.45) is 0 Å². The Morgan fingerprint density at radius 2 is 2.26 bits per heavy atom. The van der Waals surface area contributed by atoms with E-state index in [1.54, 1.807) is 6.92 Å². The van der Waals surface area contributed by atoms with Gasteiger partial charge in [0, 0.05) is 41.8 Å². The Labute approximate surface area is 139 Å². The summed E-state index contributed by atoms with van der Waals surface area (Å²) in [5, 5.41) is 7.32. The van der Waals surface area contributed by atoms with E-state index in [4.69, 9.17) is 4.52 Å². The Morgan fingerprint density at radius 1 is 1.43 bits per heavy atom. The van der Waals surface area contributed by atoms with Crippen LogP contribution in [0.3, 0.4) is 0 Å². The maximum absolute atomic E-state index is 12.5. The van der Waals surface area contributed by atoms with E-state index in [0.717, 1.165) is 23.5 Å². The lowest BCUT2D eigenvalue weighted by molar-refractivity contribution is 0.194. The Kier molecular flexibility index (Phi) is 4.56. The molecule has 1 aliphatic heterocycles. The van der Waals surface area contributed by atoms with Gasteiger partial charge in [0.2, 0.25) is 11.7 Å².